The lowest BCUT2D eigenvalue weighted by molar-refractivity contribution is 0.0934. The fraction of sp³-hybridized carbons (Fsp3) is 0.278. The van der Waals surface area contributed by atoms with Gasteiger partial charge in [0.05, 0.1) is 20.3 Å². The topological polar surface area (TPSA) is 67.8 Å². The molecule has 1 amide bonds. The van der Waals surface area contributed by atoms with Gasteiger partial charge in [-0.3, -0.25) is 4.79 Å². The molecule has 0 radical (unpaired) electrons. The van der Waals surface area contributed by atoms with Gasteiger partial charge in [0.2, 0.25) is 0 Å². The fourth-order valence-corrected chi connectivity index (χ4v) is 2.36. The molecule has 0 heterocycles. The van der Waals surface area contributed by atoms with E-state index in [0.717, 1.165) is 0 Å². The van der Waals surface area contributed by atoms with Crippen LogP contribution in [0.25, 0.3) is 0 Å². The number of phenols is 1. The molecule has 0 saturated heterocycles. The van der Waals surface area contributed by atoms with Crippen LogP contribution in [-0.2, 0) is 0 Å². The Labute approximate surface area is 135 Å². The molecular formula is C18H21NO4. The van der Waals surface area contributed by atoms with Gasteiger partial charge in [-0.2, -0.15) is 0 Å². The Kier molecular flexibility index (Phi) is 5.46. The lowest BCUT2D eigenvalue weighted by atomic mass is 10.0. The molecule has 0 aliphatic heterocycles. The zero-order valence-electron chi connectivity index (χ0n) is 13.5. The molecule has 23 heavy (non-hydrogen) atoms. The van der Waals surface area contributed by atoms with Crippen LogP contribution in [0.4, 0.5) is 0 Å². The van der Waals surface area contributed by atoms with Gasteiger partial charge in [-0.05, 0) is 24.6 Å². The average Bonchev–Trinajstić information content (AvgIpc) is 2.59. The summed E-state index contributed by atoms with van der Waals surface area (Å²) >= 11 is 0. The summed E-state index contributed by atoms with van der Waals surface area (Å²) < 4.78 is 10.4. The molecule has 0 aliphatic carbocycles. The van der Waals surface area contributed by atoms with Crippen molar-refractivity contribution in [3.05, 3.63) is 53.6 Å². The first-order valence-corrected chi connectivity index (χ1v) is 7.40. The van der Waals surface area contributed by atoms with E-state index in [2.05, 4.69) is 5.32 Å². The van der Waals surface area contributed by atoms with Gasteiger partial charge in [0.1, 0.15) is 17.2 Å². The third-order valence-electron chi connectivity index (χ3n) is 3.64. The second kappa shape index (κ2) is 7.54. The number of rotatable bonds is 6. The van der Waals surface area contributed by atoms with Gasteiger partial charge in [0, 0.05) is 17.2 Å². The van der Waals surface area contributed by atoms with Gasteiger partial charge < -0.3 is 19.9 Å². The van der Waals surface area contributed by atoms with Crippen molar-refractivity contribution in [1.82, 2.24) is 5.32 Å². The van der Waals surface area contributed by atoms with Crippen LogP contribution in [0.15, 0.2) is 42.5 Å². The number of nitrogens with one attached hydrogen (secondary N) is 1. The van der Waals surface area contributed by atoms with Crippen LogP contribution in [0.5, 0.6) is 17.2 Å². The van der Waals surface area contributed by atoms with E-state index in [-0.39, 0.29) is 17.7 Å². The van der Waals surface area contributed by atoms with Crippen LogP contribution in [0.1, 0.15) is 35.3 Å². The van der Waals surface area contributed by atoms with E-state index in [9.17, 15) is 9.90 Å². The van der Waals surface area contributed by atoms with Crippen molar-refractivity contribution < 1.29 is 19.4 Å². The number of amides is 1. The SMILES string of the molecule is CC[C@@H](NC(=O)c1cc(OC)cc(OC)c1)c1ccccc1O. The maximum absolute atomic E-state index is 12.5. The molecule has 2 N–H and O–H groups in total. The highest BCUT2D eigenvalue weighted by Gasteiger charge is 2.18. The monoisotopic (exact) mass is 315 g/mol. The number of benzene rings is 2. The normalized spacial score (nSPS) is 11.6. The number of hydrogen-bond donors (Lipinski definition) is 2. The maximum atomic E-state index is 12.5. The second-order valence-electron chi connectivity index (χ2n) is 5.09. The Balaban J connectivity index is 2.25. The van der Waals surface area contributed by atoms with Crippen LogP contribution in [0.3, 0.4) is 0 Å². The number of ether oxygens (including phenoxy) is 2. The summed E-state index contributed by atoms with van der Waals surface area (Å²) in [4.78, 5) is 12.5. The lowest BCUT2D eigenvalue weighted by Gasteiger charge is -2.19. The van der Waals surface area contributed by atoms with Gasteiger partial charge in [-0.15, -0.1) is 0 Å². The van der Waals surface area contributed by atoms with E-state index in [0.29, 0.717) is 29.0 Å². The van der Waals surface area contributed by atoms with Crippen LogP contribution in [0, 0.1) is 0 Å². The molecule has 122 valence electrons. The van der Waals surface area contributed by atoms with E-state index in [1.807, 2.05) is 13.0 Å². The number of para-hydroxylation sites is 1. The summed E-state index contributed by atoms with van der Waals surface area (Å²) in [5.41, 5.74) is 1.13. The van der Waals surface area contributed by atoms with Crippen LogP contribution >= 0.6 is 0 Å². The quantitative estimate of drug-likeness (QED) is 0.858. The summed E-state index contributed by atoms with van der Waals surface area (Å²) in [7, 11) is 3.07. The molecule has 0 bridgehead atoms. The van der Waals surface area contributed by atoms with Crippen LogP contribution in [0.2, 0.25) is 0 Å². The number of methoxy groups -OCH3 is 2. The maximum Gasteiger partial charge on any atom is 0.252 e. The number of aromatic hydroxyl groups is 1. The van der Waals surface area contributed by atoms with E-state index in [1.54, 1.807) is 36.4 Å². The average molecular weight is 315 g/mol. The standard InChI is InChI=1S/C18H21NO4/c1-4-16(15-7-5-6-8-17(15)20)19-18(21)12-9-13(22-2)11-14(10-12)23-3/h5-11,16,20H,4H2,1-3H3,(H,19,21)/t16-/m1/s1. The number of hydrogen-bond acceptors (Lipinski definition) is 4. The first-order valence-electron chi connectivity index (χ1n) is 7.40. The molecule has 1 atom stereocenters. The van der Waals surface area contributed by atoms with E-state index in [1.165, 1.54) is 14.2 Å². The highest BCUT2D eigenvalue weighted by molar-refractivity contribution is 5.95. The lowest BCUT2D eigenvalue weighted by Crippen LogP contribution is -2.28. The predicted octanol–water partition coefficient (Wildman–Crippen LogP) is 3.29. The molecule has 0 spiro atoms. The van der Waals surface area contributed by atoms with E-state index >= 15 is 0 Å². The zero-order valence-corrected chi connectivity index (χ0v) is 13.5. The van der Waals surface area contributed by atoms with Crippen molar-refractivity contribution >= 4 is 5.91 Å². The second-order valence-corrected chi connectivity index (χ2v) is 5.09. The largest absolute Gasteiger partial charge is 0.508 e. The zero-order chi connectivity index (χ0) is 16.8. The molecule has 0 unspecified atom stereocenters. The molecule has 0 aromatic heterocycles. The minimum absolute atomic E-state index is 0.169. The van der Waals surface area contributed by atoms with Crippen LogP contribution in [-0.4, -0.2) is 25.2 Å². The smallest absolute Gasteiger partial charge is 0.252 e. The van der Waals surface area contributed by atoms with Crippen molar-refractivity contribution in [3.63, 3.8) is 0 Å². The molecule has 5 heteroatoms. The minimum Gasteiger partial charge on any atom is -0.508 e. The Bertz CT molecular complexity index is 662. The number of carbonyl (C=O) groups excluding carboxylic acids is 1. The summed E-state index contributed by atoms with van der Waals surface area (Å²) in [6.45, 7) is 1.95. The first kappa shape index (κ1) is 16.7. The molecule has 2 aromatic rings. The molecule has 0 fully saturated rings. The molecule has 5 nitrogen and oxygen atoms in total. The summed E-state index contributed by atoms with van der Waals surface area (Å²) in [6, 6.07) is 11.7. The summed E-state index contributed by atoms with van der Waals surface area (Å²) in [5, 5.41) is 12.9. The van der Waals surface area contributed by atoms with Crippen molar-refractivity contribution in [3.8, 4) is 17.2 Å². The highest BCUT2D eigenvalue weighted by Crippen LogP contribution is 2.27. The Morgan fingerprint density at radius 1 is 1.13 bits per heavy atom. The highest BCUT2D eigenvalue weighted by atomic mass is 16.5. The number of phenolic OH excluding ortho intramolecular Hbond substituents is 1. The first-order chi connectivity index (χ1) is 11.1. The molecular weight excluding hydrogens is 294 g/mol. The van der Waals surface area contributed by atoms with Crippen LogP contribution < -0.4 is 14.8 Å². The summed E-state index contributed by atoms with van der Waals surface area (Å²) in [5.74, 6) is 1.01. The Morgan fingerprint density at radius 3 is 2.26 bits per heavy atom. The Hall–Kier alpha value is -2.69. The van der Waals surface area contributed by atoms with E-state index < -0.39 is 0 Å². The van der Waals surface area contributed by atoms with Gasteiger partial charge in [-0.1, -0.05) is 25.1 Å². The van der Waals surface area contributed by atoms with Crippen molar-refractivity contribution in [1.29, 1.82) is 0 Å². The third kappa shape index (κ3) is 3.94. The summed E-state index contributed by atoms with van der Waals surface area (Å²) in [6.07, 6.45) is 0.657. The third-order valence-corrected chi connectivity index (χ3v) is 3.64. The fourth-order valence-electron chi connectivity index (χ4n) is 2.36. The van der Waals surface area contributed by atoms with Crippen molar-refractivity contribution in [2.24, 2.45) is 0 Å². The van der Waals surface area contributed by atoms with Gasteiger partial charge in [0.25, 0.3) is 5.91 Å². The number of carbonyl (C=O) groups is 1. The molecule has 0 saturated carbocycles. The van der Waals surface area contributed by atoms with Crippen molar-refractivity contribution in [2.45, 2.75) is 19.4 Å². The van der Waals surface area contributed by atoms with Gasteiger partial charge in [-0.25, -0.2) is 0 Å². The van der Waals surface area contributed by atoms with Gasteiger partial charge >= 0.3 is 0 Å². The molecule has 2 rings (SSSR count). The van der Waals surface area contributed by atoms with Crippen molar-refractivity contribution in [2.75, 3.05) is 14.2 Å². The predicted molar refractivity (Wildman–Crippen MR) is 88.2 cm³/mol. The van der Waals surface area contributed by atoms with Gasteiger partial charge in [0.15, 0.2) is 0 Å². The minimum atomic E-state index is -0.277. The van der Waals surface area contributed by atoms with E-state index in [4.69, 9.17) is 9.47 Å². The Morgan fingerprint density at radius 2 is 1.74 bits per heavy atom. The molecule has 0 aliphatic rings. The molecule has 2 aromatic carbocycles.